The van der Waals surface area contributed by atoms with Gasteiger partial charge in [0.25, 0.3) is 0 Å². The third-order valence-electron chi connectivity index (χ3n) is 2.71. The predicted octanol–water partition coefficient (Wildman–Crippen LogP) is 1.66. The maximum absolute atomic E-state index is 11.4. The number of hydrogen-bond acceptors (Lipinski definition) is 5. The molecule has 0 amide bonds. The van der Waals surface area contributed by atoms with Gasteiger partial charge in [-0.25, -0.2) is 9.78 Å². The molecule has 0 saturated heterocycles. The van der Waals surface area contributed by atoms with Gasteiger partial charge in [-0.15, -0.1) is 0 Å². The van der Waals surface area contributed by atoms with Crippen molar-refractivity contribution in [2.75, 3.05) is 7.11 Å². The summed E-state index contributed by atoms with van der Waals surface area (Å²) >= 11 is 0. The van der Waals surface area contributed by atoms with Crippen molar-refractivity contribution in [3.8, 4) is 0 Å². The molecule has 2 aromatic rings. The first-order chi connectivity index (χ1) is 9.76. The van der Waals surface area contributed by atoms with Crippen molar-refractivity contribution in [1.82, 2.24) is 9.55 Å². The molecule has 0 saturated carbocycles. The molecule has 20 heavy (non-hydrogen) atoms. The standard InChI is InChI=1S/C14H14N2O4/c1-19-14(18)13-12(7-17)16(9-15-13)10-20-8-11-5-3-2-4-6-11/h2-7,9H,8,10H2,1H3. The lowest BCUT2D eigenvalue weighted by Crippen LogP contribution is -2.10. The quantitative estimate of drug-likeness (QED) is 0.591. The lowest BCUT2D eigenvalue weighted by Gasteiger charge is -2.06. The Kier molecular flexibility index (Phi) is 4.62. The number of imidazole rings is 1. The number of benzene rings is 1. The summed E-state index contributed by atoms with van der Waals surface area (Å²) in [6.07, 6.45) is 1.94. The molecule has 0 aliphatic rings. The summed E-state index contributed by atoms with van der Waals surface area (Å²) in [6, 6.07) is 9.64. The van der Waals surface area contributed by atoms with Gasteiger partial charge in [-0.3, -0.25) is 4.79 Å². The van der Waals surface area contributed by atoms with Crippen LogP contribution in [0, 0.1) is 0 Å². The molecule has 0 atom stereocenters. The molecular weight excluding hydrogens is 260 g/mol. The summed E-state index contributed by atoms with van der Waals surface area (Å²) < 4.78 is 11.5. The highest BCUT2D eigenvalue weighted by Gasteiger charge is 2.17. The zero-order valence-corrected chi connectivity index (χ0v) is 11.0. The van der Waals surface area contributed by atoms with E-state index in [1.165, 1.54) is 18.0 Å². The molecular formula is C14H14N2O4. The van der Waals surface area contributed by atoms with Crippen LogP contribution in [0.15, 0.2) is 36.7 Å². The molecule has 0 bridgehead atoms. The summed E-state index contributed by atoms with van der Waals surface area (Å²) in [5.41, 5.74) is 1.16. The van der Waals surface area contributed by atoms with Crippen molar-refractivity contribution < 1.29 is 19.1 Å². The number of esters is 1. The van der Waals surface area contributed by atoms with Gasteiger partial charge in [-0.05, 0) is 5.56 Å². The Morgan fingerprint density at radius 1 is 1.35 bits per heavy atom. The van der Waals surface area contributed by atoms with Gasteiger partial charge >= 0.3 is 5.97 Å². The summed E-state index contributed by atoms with van der Waals surface area (Å²) in [6.45, 7) is 0.540. The van der Waals surface area contributed by atoms with E-state index in [0.29, 0.717) is 12.9 Å². The lowest BCUT2D eigenvalue weighted by atomic mass is 10.2. The Hall–Kier alpha value is -2.47. The minimum Gasteiger partial charge on any atom is -0.464 e. The molecule has 0 unspecified atom stereocenters. The Bertz CT molecular complexity index is 592. The second kappa shape index (κ2) is 6.63. The van der Waals surface area contributed by atoms with Crippen LogP contribution >= 0.6 is 0 Å². The van der Waals surface area contributed by atoms with Crippen LogP contribution in [0.3, 0.4) is 0 Å². The van der Waals surface area contributed by atoms with Crippen LogP contribution in [-0.2, 0) is 22.8 Å². The number of nitrogens with zero attached hydrogens (tertiary/aromatic N) is 2. The van der Waals surface area contributed by atoms with E-state index in [0.717, 1.165) is 5.56 Å². The number of carbonyl (C=O) groups is 2. The van der Waals surface area contributed by atoms with E-state index in [-0.39, 0.29) is 18.1 Å². The first-order valence-electron chi connectivity index (χ1n) is 5.96. The number of hydrogen-bond donors (Lipinski definition) is 0. The maximum atomic E-state index is 11.4. The highest BCUT2D eigenvalue weighted by Crippen LogP contribution is 2.08. The van der Waals surface area contributed by atoms with Crippen LogP contribution < -0.4 is 0 Å². The molecule has 104 valence electrons. The number of carbonyl (C=O) groups excluding carboxylic acids is 2. The molecule has 0 radical (unpaired) electrons. The monoisotopic (exact) mass is 274 g/mol. The van der Waals surface area contributed by atoms with Gasteiger partial charge in [-0.2, -0.15) is 0 Å². The number of aldehydes is 1. The molecule has 0 spiro atoms. The summed E-state index contributed by atoms with van der Waals surface area (Å²) in [5, 5.41) is 0. The molecule has 1 aromatic carbocycles. The number of methoxy groups -OCH3 is 1. The fourth-order valence-electron chi connectivity index (χ4n) is 1.71. The molecule has 6 nitrogen and oxygen atoms in total. The largest absolute Gasteiger partial charge is 0.464 e. The highest BCUT2D eigenvalue weighted by atomic mass is 16.5. The van der Waals surface area contributed by atoms with Crippen molar-refractivity contribution >= 4 is 12.3 Å². The number of ether oxygens (including phenoxy) is 2. The zero-order valence-electron chi connectivity index (χ0n) is 11.0. The van der Waals surface area contributed by atoms with Crippen molar-refractivity contribution in [3.05, 3.63) is 53.6 Å². The van der Waals surface area contributed by atoms with Crippen molar-refractivity contribution in [1.29, 1.82) is 0 Å². The van der Waals surface area contributed by atoms with Gasteiger partial charge in [0.15, 0.2) is 12.0 Å². The van der Waals surface area contributed by atoms with E-state index in [1.807, 2.05) is 30.3 Å². The molecule has 0 aliphatic carbocycles. The third-order valence-corrected chi connectivity index (χ3v) is 2.71. The average Bonchev–Trinajstić information content (AvgIpc) is 2.90. The van der Waals surface area contributed by atoms with E-state index in [4.69, 9.17) is 4.74 Å². The number of aromatic nitrogens is 2. The molecule has 2 rings (SSSR count). The van der Waals surface area contributed by atoms with Crippen molar-refractivity contribution in [2.45, 2.75) is 13.3 Å². The third kappa shape index (κ3) is 3.10. The molecule has 1 heterocycles. The maximum Gasteiger partial charge on any atom is 0.359 e. The van der Waals surface area contributed by atoms with Gasteiger partial charge < -0.3 is 14.0 Å². The number of rotatable bonds is 6. The minimum absolute atomic E-state index is 0.00851. The Balaban J connectivity index is 2.01. The topological polar surface area (TPSA) is 70.4 Å². The van der Waals surface area contributed by atoms with Crippen LogP contribution in [0.2, 0.25) is 0 Å². The van der Waals surface area contributed by atoms with Gasteiger partial charge in [-0.1, -0.05) is 30.3 Å². The van der Waals surface area contributed by atoms with Crippen molar-refractivity contribution in [3.63, 3.8) is 0 Å². The van der Waals surface area contributed by atoms with Crippen LogP contribution in [0.5, 0.6) is 0 Å². The molecule has 6 heteroatoms. The van der Waals surface area contributed by atoms with E-state index in [9.17, 15) is 9.59 Å². The average molecular weight is 274 g/mol. The summed E-state index contributed by atoms with van der Waals surface area (Å²) in [5.74, 6) is -0.645. The van der Waals surface area contributed by atoms with Gasteiger partial charge in [0.2, 0.25) is 0 Å². The fourth-order valence-corrected chi connectivity index (χ4v) is 1.71. The Labute approximate surface area is 116 Å². The summed E-state index contributed by atoms with van der Waals surface area (Å²) in [7, 11) is 1.24. The zero-order chi connectivity index (χ0) is 14.4. The second-order valence-electron chi connectivity index (χ2n) is 4.02. The van der Waals surface area contributed by atoms with E-state index in [2.05, 4.69) is 9.72 Å². The predicted molar refractivity (Wildman–Crippen MR) is 70.2 cm³/mol. The first-order valence-corrected chi connectivity index (χ1v) is 5.96. The van der Waals surface area contributed by atoms with Crippen molar-refractivity contribution in [2.24, 2.45) is 0 Å². The van der Waals surface area contributed by atoms with Gasteiger partial charge in [0, 0.05) is 0 Å². The molecule has 0 fully saturated rings. The second-order valence-corrected chi connectivity index (χ2v) is 4.02. The normalized spacial score (nSPS) is 10.2. The Morgan fingerprint density at radius 2 is 2.10 bits per heavy atom. The highest BCUT2D eigenvalue weighted by molar-refractivity contribution is 5.95. The summed E-state index contributed by atoms with van der Waals surface area (Å²) in [4.78, 5) is 26.3. The van der Waals surface area contributed by atoms with Gasteiger partial charge in [0.1, 0.15) is 12.4 Å². The SMILES string of the molecule is COC(=O)c1ncn(COCc2ccccc2)c1C=O. The first kappa shape index (κ1) is 14.0. The molecule has 0 aliphatic heterocycles. The fraction of sp³-hybridized carbons (Fsp3) is 0.214. The van der Waals surface area contributed by atoms with Gasteiger partial charge in [0.05, 0.1) is 20.0 Å². The van der Waals surface area contributed by atoms with Crippen LogP contribution in [0.4, 0.5) is 0 Å². The van der Waals surface area contributed by atoms with E-state index >= 15 is 0 Å². The molecule has 0 N–H and O–H groups in total. The lowest BCUT2D eigenvalue weighted by molar-refractivity contribution is 0.0577. The molecule has 1 aromatic heterocycles. The van der Waals surface area contributed by atoms with E-state index < -0.39 is 5.97 Å². The van der Waals surface area contributed by atoms with Crippen LogP contribution in [-0.4, -0.2) is 28.9 Å². The Morgan fingerprint density at radius 3 is 2.75 bits per heavy atom. The minimum atomic E-state index is -0.645. The van der Waals surface area contributed by atoms with Crippen LogP contribution in [0.25, 0.3) is 0 Å². The smallest absolute Gasteiger partial charge is 0.359 e. The van der Waals surface area contributed by atoms with E-state index in [1.54, 1.807) is 0 Å². The van der Waals surface area contributed by atoms with Crippen LogP contribution in [0.1, 0.15) is 26.5 Å².